The lowest BCUT2D eigenvalue weighted by molar-refractivity contribution is -0.144. The number of hydrogen-bond acceptors (Lipinski definition) is 19. The van der Waals surface area contributed by atoms with Crippen molar-refractivity contribution in [2.45, 2.75) is 177 Å². The molecule has 3 aromatic heterocycles. The number of thioether (sulfide) groups is 1. The maximum atomic E-state index is 15.8. The number of hydrogen-bond donors (Lipinski definition) is 18. The number of fused-ring (bicyclic) bond motifs is 2. The third-order valence-corrected chi connectivity index (χ3v) is 21.3. The van der Waals surface area contributed by atoms with E-state index in [2.05, 4.69) is 73.8 Å². The zero-order valence-electron chi connectivity index (χ0n) is 67.5. The first-order chi connectivity index (χ1) is 56.9. The number of benzene rings is 4. The van der Waals surface area contributed by atoms with Crippen LogP contribution in [0, 0.1) is 5.92 Å². The molecule has 8 rings (SSSR count). The van der Waals surface area contributed by atoms with Gasteiger partial charge in [-0.15, -0.1) is 11.8 Å². The van der Waals surface area contributed by atoms with Gasteiger partial charge in [0.2, 0.25) is 76.8 Å². The number of primary amides is 3. The quantitative estimate of drug-likeness (QED) is 0.0253. The van der Waals surface area contributed by atoms with E-state index in [0.29, 0.717) is 39.4 Å². The van der Waals surface area contributed by atoms with Crippen molar-refractivity contribution in [3.8, 4) is 0 Å². The first-order valence-corrected chi connectivity index (χ1v) is 40.6. The molecule has 15 amide bonds. The lowest BCUT2D eigenvalue weighted by Crippen LogP contribution is -2.62. The number of unbranched alkanes of at least 4 members (excludes halogenated alkanes) is 2. The van der Waals surface area contributed by atoms with E-state index in [9.17, 15) is 58.2 Å². The molecular weight excluding hydrogens is 1550 g/mol. The van der Waals surface area contributed by atoms with Crippen molar-refractivity contribution in [2.24, 2.45) is 37.2 Å². The van der Waals surface area contributed by atoms with E-state index < -0.39 is 174 Å². The van der Waals surface area contributed by atoms with Crippen LogP contribution in [0.1, 0.15) is 100 Å². The fourth-order valence-electron chi connectivity index (χ4n) is 14.1. The Kier molecular flexibility index (Phi) is 35.3. The number of aromatic nitrogens is 4. The smallest absolute Gasteiger partial charge is 0.312 e. The molecule has 119 heavy (non-hydrogen) atoms. The van der Waals surface area contributed by atoms with Gasteiger partial charge in [-0.2, -0.15) is 0 Å². The van der Waals surface area contributed by atoms with Gasteiger partial charge in [0.25, 0.3) is 0 Å². The van der Waals surface area contributed by atoms with Gasteiger partial charge in [-0.1, -0.05) is 111 Å². The lowest BCUT2D eigenvalue weighted by Gasteiger charge is -2.33. The first kappa shape index (κ1) is 92.3. The Balaban J connectivity index is 1.26. The standard InChI is InChI=1S/C82H110N20O16S/c1-47(2)33-58-73(109)98-64(43-103)81(117)102(6)68(35-50-23-11-8-12-24-50)80(116)97-61(37-52-42-101(5)67-30-16-14-26-55(52)67)75(111)92-57(28-18-20-32-88-82(85)118)72(108)94-60(36-51-41-100(4)66-29-15-13-25-54(51)66)76(112)99-65(79(115)91-56(71(84)107)27-17-19-31-87-48(3)104)44-119-45-70(106)90-59(34-49-21-9-7-10-22-49)74(110)95-62(38-53-40-86-46-89-53)77(113)96-63(39-69(83)105)78(114)93-58/h7-16,21-26,29-30,40-42,46-47,56-65,68,72,94,103,108H,17-20,27-28,31-39,43-45H2,1-6H3,(H2,83,105)(H2,84,107)(H,86,89)(H,87,104)(H,90,106)(H,91,115)(H,92,111)(H,93,114)(H,95,110)(H,96,113)(H,97,116)(H,98,109)(H,99,112)(H3,85,88,118)/t56-,57-,58-,59-,60-,61-,62-,63-,64-,65-,68-,72?/m0/s1. The van der Waals surface area contributed by atoms with Crippen molar-refractivity contribution >= 4 is 116 Å². The summed E-state index contributed by atoms with van der Waals surface area (Å²) in [5.74, 6) is -13.3. The average Bonchev–Trinajstić information content (AvgIpc) is 1.67. The largest absolute Gasteiger partial charge is 0.394 e. The fraction of sp³-hybridized carbons (Fsp3) is 0.451. The van der Waals surface area contributed by atoms with Gasteiger partial charge in [-0.3, -0.25) is 67.6 Å². The third-order valence-electron chi connectivity index (χ3n) is 20.3. The predicted molar refractivity (Wildman–Crippen MR) is 444 cm³/mol. The molecule has 4 heterocycles. The topological polar surface area (TPSA) is 544 Å². The van der Waals surface area contributed by atoms with Crippen molar-refractivity contribution in [1.29, 1.82) is 0 Å². The predicted octanol–water partition coefficient (Wildman–Crippen LogP) is -1.34. The second-order valence-corrected chi connectivity index (χ2v) is 31.1. The Morgan fingerprint density at radius 1 is 0.571 bits per heavy atom. The summed E-state index contributed by atoms with van der Waals surface area (Å²) in [6.07, 6.45) is 3.11. The highest BCUT2D eigenvalue weighted by Gasteiger charge is 2.40. The molecule has 1 saturated heterocycles. The van der Waals surface area contributed by atoms with E-state index in [0.717, 1.165) is 27.7 Å². The maximum absolute atomic E-state index is 15.8. The zero-order chi connectivity index (χ0) is 86.4. The number of amides is 15. The van der Waals surface area contributed by atoms with E-state index in [4.69, 9.17) is 17.2 Å². The molecular formula is C82H110N20O16S. The average molecular weight is 1660 g/mol. The molecule has 36 nitrogen and oxygen atoms in total. The fourth-order valence-corrected chi connectivity index (χ4v) is 15.0. The molecule has 21 N–H and O–H groups in total. The van der Waals surface area contributed by atoms with Gasteiger partial charge in [0.1, 0.15) is 60.6 Å². The summed E-state index contributed by atoms with van der Waals surface area (Å²) in [7, 11) is 4.83. The van der Waals surface area contributed by atoms with Crippen LogP contribution in [-0.2, 0) is 109 Å². The van der Waals surface area contributed by atoms with Crippen molar-refractivity contribution in [2.75, 3.05) is 38.2 Å². The minimum absolute atomic E-state index is 0.0142. The highest BCUT2D eigenvalue weighted by Crippen LogP contribution is 2.25. The summed E-state index contributed by atoms with van der Waals surface area (Å²) in [4.78, 5) is 209. The van der Waals surface area contributed by atoms with E-state index in [1.807, 2.05) is 45.5 Å². The van der Waals surface area contributed by atoms with Crippen molar-refractivity contribution < 1.29 is 77.3 Å². The Labute approximate surface area is 692 Å². The molecule has 0 radical (unpaired) electrons. The van der Waals surface area contributed by atoms with Gasteiger partial charge in [-0.25, -0.2) is 9.78 Å². The highest BCUT2D eigenvalue weighted by molar-refractivity contribution is 8.00. The van der Waals surface area contributed by atoms with Gasteiger partial charge in [-0.05, 0) is 91.7 Å². The van der Waals surface area contributed by atoms with Crippen LogP contribution in [0.4, 0.5) is 4.79 Å². The molecule has 1 fully saturated rings. The maximum Gasteiger partial charge on any atom is 0.312 e. The molecule has 12 atom stereocenters. The normalized spacial score (nSPS) is 21.9. The molecule has 640 valence electrons. The monoisotopic (exact) mass is 1660 g/mol. The summed E-state index contributed by atoms with van der Waals surface area (Å²) >= 11 is 0.818. The molecule has 1 aliphatic heterocycles. The van der Waals surface area contributed by atoms with Crippen LogP contribution in [0.25, 0.3) is 21.8 Å². The molecule has 7 aromatic rings. The molecule has 1 unspecified atom stereocenters. The molecule has 1 aliphatic rings. The molecule has 4 aromatic carbocycles. The number of aromatic amines is 1. The SMILES string of the molecule is CC(=O)NCCCC[C@H](NC(=O)[C@@H]1CSCC(=O)N[C@@H](Cc2ccccc2)C(=O)N[C@@H](Cc2c[nH]cn2)C(=O)N[C@@H](CC(N)=O)C(=O)N[C@@H](CC(C)C)C(=O)N[C@@H](CO)C(=O)N(C)[C@@H](Cc2ccccc2)C(=O)N[C@@H](Cc2cn(C)c3ccccc23)C(=O)N[C@@H](CCCCNC(N)=O)C(O)N[C@@H](Cc2cn(C)c3ccccc23)C(=O)N1)C(N)=O. The van der Waals surface area contributed by atoms with Crippen LogP contribution >= 0.6 is 11.8 Å². The number of carbonyl (C=O) groups is 14. The van der Waals surface area contributed by atoms with Crippen LogP contribution < -0.4 is 81.0 Å². The van der Waals surface area contributed by atoms with Gasteiger partial charge >= 0.3 is 6.03 Å². The number of aryl methyl sites for hydroxylation is 2. The number of nitrogens with zero attached hydrogens (tertiary/aromatic N) is 4. The van der Waals surface area contributed by atoms with Gasteiger partial charge in [0.05, 0.1) is 42.9 Å². The van der Waals surface area contributed by atoms with Crippen LogP contribution in [0.3, 0.4) is 0 Å². The van der Waals surface area contributed by atoms with Crippen molar-refractivity contribution in [1.82, 2.24) is 87.8 Å². The number of aliphatic hydroxyl groups excluding tert-OH is 2. The third kappa shape index (κ3) is 28.3. The molecule has 0 aliphatic carbocycles. The summed E-state index contributed by atoms with van der Waals surface area (Å²) in [6, 6.07) is 13.3. The van der Waals surface area contributed by atoms with Crippen molar-refractivity contribution in [3.63, 3.8) is 0 Å². The second kappa shape index (κ2) is 45.5. The second-order valence-electron chi connectivity index (χ2n) is 30.1. The number of urea groups is 1. The number of rotatable bonds is 28. The zero-order valence-corrected chi connectivity index (χ0v) is 68.3. The molecule has 0 saturated carbocycles. The first-order valence-electron chi connectivity index (χ1n) is 39.4. The van der Waals surface area contributed by atoms with Gasteiger partial charge < -0.3 is 105 Å². The molecule has 0 spiro atoms. The number of likely N-dealkylation sites (N-methyl/N-ethyl adjacent to an activating group) is 1. The molecule has 37 heteroatoms. The Morgan fingerprint density at radius 2 is 1.08 bits per heavy atom. The van der Waals surface area contributed by atoms with E-state index in [1.165, 1.54) is 26.5 Å². The van der Waals surface area contributed by atoms with Gasteiger partial charge in [0, 0.05) is 113 Å². The Hall–Kier alpha value is -12.2. The lowest BCUT2D eigenvalue weighted by atomic mass is 9.99. The van der Waals surface area contributed by atoms with Crippen LogP contribution in [0.2, 0.25) is 0 Å². The highest BCUT2D eigenvalue weighted by atomic mass is 32.2. The minimum Gasteiger partial charge on any atom is -0.394 e. The Morgan fingerprint density at radius 3 is 1.66 bits per heavy atom. The number of carbonyl (C=O) groups excluding carboxylic acids is 14. The van der Waals surface area contributed by atoms with Crippen molar-refractivity contribution in [3.05, 3.63) is 162 Å². The van der Waals surface area contributed by atoms with E-state index in [1.54, 1.807) is 113 Å². The number of nitrogens with one attached hydrogen (secondary N) is 13. The van der Waals surface area contributed by atoms with E-state index in [-0.39, 0.29) is 101 Å². The van der Waals surface area contributed by atoms with Crippen LogP contribution in [-0.4, -0.2) is 228 Å². The van der Waals surface area contributed by atoms with Gasteiger partial charge in [0.15, 0.2) is 0 Å². The number of nitrogens with two attached hydrogens (primary N) is 3. The number of imidazole rings is 1. The summed E-state index contributed by atoms with van der Waals surface area (Å²) in [5, 5.41) is 57.9. The number of H-pyrrole nitrogens is 1. The minimum atomic E-state index is -1.90. The van der Waals surface area contributed by atoms with E-state index >= 15 is 19.2 Å². The van der Waals surface area contributed by atoms with Crippen LogP contribution in [0.15, 0.2) is 134 Å². The number of para-hydroxylation sites is 2. The number of aliphatic hydroxyl groups is 2. The van der Waals surface area contributed by atoms with Crippen LogP contribution in [0.5, 0.6) is 0 Å². The molecule has 0 bridgehead atoms. The Bertz CT molecular complexity index is 4660. The summed E-state index contributed by atoms with van der Waals surface area (Å²) in [5.41, 5.74) is 21.0. The summed E-state index contributed by atoms with van der Waals surface area (Å²) in [6.45, 7) is 3.99. The summed E-state index contributed by atoms with van der Waals surface area (Å²) < 4.78 is 3.64.